The summed E-state index contributed by atoms with van der Waals surface area (Å²) in [4.78, 5) is 5.22. The van der Waals surface area contributed by atoms with Gasteiger partial charge >= 0.3 is 10.1 Å². The van der Waals surface area contributed by atoms with Crippen LogP contribution in [0.5, 0.6) is 5.75 Å². The molecule has 0 radical (unpaired) electrons. The highest BCUT2D eigenvalue weighted by Crippen LogP contribution is 2.43. The van der Waals surface area contributed by atoms with Crippen LogP contribution in [-0.4, -0.2) is 24.2 Å². The number of para-hydroxylation sites is 1. The Morgan fingerprint density at radius 3 is 1.92 bits per heavy atom. The van der Waals surface area contributed by atoms with E-state index in [1.54, 1.807) is 0 Å². The van der Waals surface area contributed by atoms with Crippen LogP contribution in [0.4, 0.5) is 0 Å². The molecule has 0 unspecified atom stereocenters. The zero-order valence-corrected chi connectivity index (χ0v) is 21.3. The molecule has 1 heterocycles. The molecule has 0 N–H and O–H groups in total. The Hall–Kier alpha value is -4.68. The van der Waals surface area contributed by atoms with Crippen molar-refractivity contribution in [2.75, 3.05) is 6.26 Å². The molecule has 0 amide bonds. The molecule has 0 atom stereocenters. The van der Waals surface area contributed by atoms with Crippen molar-refractivity contribution in [1.82, 2.24) is 9.55 Å². The maximum absolute atomic E-state index is 12.5. The molecule has 1 aromatic heterocycles. The van der Waals surface area contributed by atoms with Gasteiger partial charge in [0.2, 0.25) is 0 Å². The molecule has 0 spiro atoms. The monoisotopic (exact) mass is 514 g/mol. The molecular weight excluding hydrogens is 492 g/mol. The highest BCUT2D eigenvalue weighted by molar-refractivity contribution is 7.86. The molecule has 184 valence electrons. The number of imidazole rings is 1. The fourth-order valence-corrected chi connectivity index (χ4v) is 5.86. The van der Waals surface area contributed by atoms with E-state index in [2.05, 4.69) is 28.8 Å². The van der Waals surface area contributed by atoms with Gasteiger partial charge in [-0.1, -0.05) is 97.1 Å². The van der Waals surface area contributed by atoms with E-state index in [4.69, 9.17) is 9.17 Å². The van der Waals surface area contributed by atoms with E-state index < -0.39 is 10.1 Å². The molecule has 0 saturated heterocycles. The van der Waals surface area contributed by atoms with Gasteiger partial charge in [-0.05, 0) is 34.4 Å². The summed E-state index contributed by atoms with van der Waals surface area (Å²) < 4.78 is 32.7. The van der Waals surface area contributed by atoms with Crippen LogP contribution in [-0.2, 0) is 10.1 Å². The van der Waals surface area contributed by atoms with Gasteiger partial charge in [0.25, 0.3) is 0 Å². The molecule has 7 rings (SSSR count). The maximum atomic E-state index is 12.5. The Balaban J connectivity index is 1.71. The highest BCUT2D eigenvalue weighted by atomic mass is 32.2. The number of aromatic nitrogens is 2. The van der Waals surface area contributed by atoms with Crippen LogP contribution in [0.3, 0.4) is 0 Å². The van der Waals surface area contributed by atoms with E-state index in [9.17, 15) is 8.42 Å². The average molecular weight is 515 g/mol. The lowest BCUT2D eigenvalue weighted by Gasteiger charge is -2.15. The third-order valence-corrected chi connectivity index (χ3v) is 7.37. The Kier molecular flexibility index (Phi) is 5.00. The Bertz CT molecular complexity index is 2130. The Morgan fingerprint density at radius 2 is 1.21 bits per heavy atom. The number of hydrogen-bond acceptors (Lipinski definition) is 4. The van der Waals surface area contributed by atoms with Gasteiger partial charge in [-0.15, -0.1) is 0 Å². The van der Waals surface area contributed by atoms with Crippen molar-refractivity contribution in [3.05, 3.63) is 115 Å². The molecular formula is C32H22N2O3S. The molecule has 0 aliphatic rings. The molecule has 5 nitrogen and oxygen atoms in total. The van der Waals surface area contributed by atoms with Gasteiger partial charge in [-0.3, -0.25) is 4.57 Å². The molecule has 0 aliphatic heterocycles. The number of nitrogens with zero attached hydrogens (tertiary/aromatic N) is 2. The van der Waals surface area contributed by atoms with Crippen molar-refractivity contribution in [1.29, 1.82) is 0 Å². The topological polar surface area (TPSA) is 61.2 Å². The van der Waals surface area contributed by atoms with Crippen LogP contribution < -0.4 is 4.18 Å². The minimum absolute atomic E-state index is 0.270. The van der Waals surface area contributed by atoms with E-state index in [1.807, 2.05) is 91.0 Å². The quantitative estimate of drug-likeness (QED) is 0.180. The zero-order valence-electron chi connectivity index (χ0n) is 20.5. The Morgan fingerprint density at radius 1 is 0.632 bits per heavy atom. The SMILES string of the molecule is CS(=O)(=O)Oc1c(-c2nc3c4ccccc4c4ccccc4c3n2-c2ccccc2)ccc2ccccc12. The third-order valence-electron chi connectivity index (χ3n) is 6.90. The summed E-state index contributed by atoms with van der Waals surface area (Å²) in [6.45, 7) is 0. The van der Waals surface area contributed by atoms with E-state index in [0.29, 0.717) is 16.8 Å². The number of benzene rings is 6. The standard InChI is InChI=1S/C32H22N2O3S/c1-38(35,36)37-31-23-14-6-5-11-21(23)19-20-28(31)32-33-29-26-17-9-7-15-24(26)25-16-8-10-18-27(25)30(29)34(32)22-12-3-2-4-13-22/h2-20H,1H3. The van der Waals surface area contributed by atoms with Gasteiger partial charge in [-0.2, -0.15) is 8.42 Å². The smallest absolute Gasteiger partial charge is 0.306 e. The molecule has 6 heteroatoms. The summed E-state index contributed by atoms with van der Waals surface area (Å²) >= 11 is 0. The van der Waals surface area contributed by atoms with Crippen LogP contribution in [0.15, 0.2) is 115 Å². The molecule has 0 aliphatic carbocycles. The second kappa shape index (κ2) is 8.43. The van der Waals surface area contributed by atoms with Crippen LogP contribution in [0, 0.1) is 0 Å². The molecule has 38 heavy (non-hydrogen) atoms. The first-order valence-corrected chi connectivity index (χ1v) is 14.1. The summed E-state index contributed by atoms with van der Waals surface area (Å²) in [6.07, 6.45) is 1.07. The second-order valence-electron chi connectivity index (χ2n) is 9.35. The number of hydrogen-bond donors (Lipinski definition) is 0. The van der Waals surface area contributed by atoms with Crippen molar-refractivity contribution >= 4 is 53.5 Å². The normalized spacial score (nSPS) is 12.0. The van der Waals surface area contributed by atoms with Crippen LogP contribution >= 0.6 is 0 Å². The second-order valence-corrected chi connectivity index (χ2v) is 10.9. The lowest BCUT2D eigenvalue weighted by molar-refractivity contribution is 0.496. The first kappa shape index (κ1) is 22.5. The predicted molar refractivity (Wildman–Crippen MR) is 154 cm³/mol. The zero-order chi connectivity index (χ0) is 25.9. The lowest BCUT2D eigenvalue weighted by Crippen LogP contribution is -2.08. The maximum Gasteiger partial charge on any atom is 0.306 e. The average Bonchev–Trinajstić information content (AvgIpc) is 3.34. The van der Waals surface area contributed by atoms with Crippen molar-refractivity contribution in [3.8, 4) is 22.8 Å². The van der Waals surface area contributed by atoms with E-state index in [0.717, 1.165) is 49.9 Å². The molecule has 6 aromatic carbocycles. The van der Waals surface area contributed by atoms with E-state index in [-0.39, 0.29) is 5.75 Å². The van der Waals surface area contributed by atoms with Crippen molar-refractivity contribution in [2.24, 2.45) is 0 Å². The molecule has 0 saturated carbocycles. The third kappa shape index (κ3) is 3.53. The summed E-state index contributed by atoms with van der Waals surface area (Å²) in [7, 11) is -3.81. The van der Waals surface area contributed by atoms with Gasteiger partial charge in [0.1, 0.15) is 5.82 Å². The molecule has 0 fully saturated rings. The fraction of sp³-hybridized carbons (Fsp3) is 0.0312. The summed E-state index contributed by atoms with van der Waals surface area (Å²) in [5.74, 6) is 0.879. The van der Waals surface area contributed by atoms with Crippen LogP contribution in [0.25, 0.3) is 60.4 Å². The van der Waals surface area contributed by atoms with Crippen molar-refractivity contribution in [2.45, 2.75) is 0 Å². The van der Waals surface area contributed by atoms with Gasteiger partial charge in [0, 0.05) is 21.8 Å². The van der Waals surface area contributed by atoms with Crippen LogP contribution in [0.2, 0.25) is 0 Å². The number of rotatable bonds is 4. The minimum atomic E-state index is -3.81. The first-order chi connectivity index (χ1) is 18.5. The summed E-state index contributed by atoms with van der Waals surface area (Å²) in [6, 6.07) is 38.1. The first-order valence-electron chi connectivity index (χ1n) is 12.3. The van der Waals surface area contributed by atoms with Gasteiger partial charge < -0.3 is 4.18 Å². The van der Waals surface area contributed by atoms with E-state index >= 15 is 0 Å². The summed E-state index contributed by atoms with van der Waals surface area (Å²) in [5, 5.41) is 5.93. The molecule has 0 bridgehead atoms. The van der Waals surface area contributed by atoms with Gasteiger partial charge in [-0.25, -0.2) is 4.98 Å². The fourth-order valence-electron chi connectivity index (χ4n) is 5.37. The van der Waals surface area contributed by atoms with Crippen LogP contribution in [0.1, 0.15) is 0 Å². The lowest BCUT2D eigenvalue weighted by atomic mass is 10.00. The van der Waals surface area contributed by atoms with Crippen molar-refractivity contribution < 1.29 is 12.6 Å². The van der Waals surface area contributed by atoms with Gasteiger partial charge in [0.15, 0.2) is 5.75 Å². The highest BCUT2D eigenvalue weighted by Gasteiger charge is 2.24. The predicted octanol–water partition coefficient (Wildman–Crippen LogP) is 7.49. The molecule has 7 aromatic rings. The largest absolute Gasteiger partial charge is 0.381 e. The number of fused-ring (bicyclic) bond motifs is 7. The summed E-state index contributed by atoms with van der Waals surface area (Å²) in [5.41, 5.74) is 3.32. The minimum Gasteiger partial charge on any atom is -0.381 e. The van der Waals surface area contributed by atoms with Gasteiger partial charge in [0.05, 0.1) is 22.9 Å². The Labute approximate surface area is 219 Å². The van der Waals surface area contributed by atoms with Crippen molar-refractivity contribution in [3.63, 3.8) is 0 Å². The van der Waals surface area contributed by atoms with E-state index in [1.165, 1.54) is 0 Å².